The van der Waals surface area contributed by atoms with Crippen molar-refractivity contribution in [2.24, 2.45) is 0 Å². The van der Waals surface area contributed by atoms with Gasteiger partial charge in [-0.2, -0.15) is 0 Å². The monoisotopic (exact) mass is 343 g/mol. The molecule has 0 fully saturated rings. The Hall–Kier alpha value is -1.49. The third-order valence-corrected chi connectivity index (χ3v) is 3.67. The first kappa shape index (κ1) is 15.9. The van der Waals surface area contributed by atoms with Crippen LogP contribution in [0.5, 0.6) is 0 Å². The van der Waals surface area contributed by atoms with E-state index >= 15 is 0 Å². The zero-order valence-electron chi connectivity index (χ0n) is 11.1. The van der Waals surface area contributed by atoms with Gasteiger partial charge in [0.15, 0.2) is 0 Å². The summed E-state index contributed by atoms with van der Waals surface area (Å²) in [5, 5.41) is 6.69. The van der Waals surface area contributed by atoms with Crippen molar-refractivity contribution in [1.29, 1.82) is 0 Å². The Kier molecular flexibility index (Phi) is 5.28. The summed E-state index contributed by atoms with van der Waals surface area (Å²) in [6.07, 6.45) is 1.59. The van der Waals surface area contributed by atoms with Gasteiger partial charge in [-0.1, -0.05) is 34.8 Å². The second kappa shape index (κ2) is 6.98. The Morgan fingerprint density at radius 1 is 1.14 bits per heavy atom. The quantitative estimate of drug-likeness (QED) is 0.789. The molecule has 0 unspecified atom stereocenters. The molecule has 0 spiro atoms. The average molecular weight is 345 g/mol. The number of anilines is 2. The number of hydrogen-bond acceptors (Lipinski definition) is 3. The standard InChI is InChI=1S/C14H12Cl3N3O/c1-2-18-8-3-4-12(19-7-8)14(21)20-13-6-10(16)9(15)5-11(13)17/h3-7,18H,2H2,1H3,(H,20,21). The van der Waals surface area contributed by atoms with Crippen LogP contribution in [0.4, 0.5) is 11.4 Å². The fraction of sp³-hybridized carbons (Fsp3) is 0.143. The lowest BCUT2D eigenvalue weighted by Crippen LogP contribution is -2.14. The summed E-state index contributed by atoms with van der Waals surface area (Å²) >= 11 is 17.8. The molecular formula is C14H12Cl3N3O. The third kappa shape index (κ3) is 4.00. The van der Waals surface area contributed by atoms with E-state index in [2.05, 4.69) is 15.6 Å². The normalized spacial score (nSPS) is 10.3. The zero-order valence-corrected chi connectivity index (χ0v) is 13.4. The van der Waals surface area contributed by atoms with Crippen LogP contribution in [0.2, 0.25) is 15.1 Å². The SMILES string of the molecule is CCNc1ccc(C(=O)Nc2cc(Cl)c(Cl)cc2Cl)nc1. The number of nitrogens with zero attached hydrogens (tertiary/aromatic N) is 1. The lowest BCUT2D eigenvalue weighted by molar-refractivity contribution is 0.102. The predicted octanol–water partition coefficient (Wildman–Crippen LogP) is 4.73. The summed E-state index contributed by atoms with van der Waals surface area (Å²) in [7, 11) is 0. The zero-order chi connectivity index (χ0) is 15.4. The predicted molar refractivity (Wildman–Crippen MR) is 87.8 cm³/mol. The van der Waals surface area contributed by atoms with Crippen molar-refractivity contribution in [3.05, 3.63) is 51.2 Å². The van der Waals surface area contributed by atoms with E-state index in [0.717, 1.165) is 12.2 Å². The van der Waals surface area contributed by atoms with Crippen LogP contribution in [0.25, 0.3) is 0 Å². The van der Waals surface area contributed by atoms with Gasteiger partial charge in [0.1, 0.15) is 5.69 Å². The van der Waals surface area contributed by atoms with E-state index in [9.17, 15) is 4.79 Å². The molecule has 2 N–H and O–H groups in total. The fourth-order valence-electron chi connectivity index (χ4n) is 1.64. The molecule has 4 nitrogen and oxygen atoms in total. The second-order valence-corrected chi connectivity index (χ2v) is 5.38. The van der Waals surface area contributed by atoms with E-state index in [1.54, 1.807) is 18.3 Å². The van der Waals surface area contributed by atoms with E-state index in [4.69, 9.17) is 34.8 Å². The van der Waals surface area contributed by atoms with Crippen molar-refractivity contribution >= 4 is 52.1 Å². The summed E-state index contributed by atoms with van der Waals surface area (Å²) < 4.78 is 0. The van der Waals surface area contributed by atoms with Gasteiger partial charge in [0.05, 0.1) is 32.6 Å². The lowest BCUT2D eigenvalue weighted by Gasteiger charge is -2.09. The van der Waals surface area contributed by atoms with Crippen molar-refractivity contribution < 1.29 is 4.79 Å². The molecule has 1 aromatic heterocycles. The molecule has 0 saturated carbocycles. The number of nitrogens with one attached hydrogen (secondary N) is 2. The Balaban J connectivity index is 2.16. The fourth-order valence-corrected chi connectivity index (χ4v) is 2.24. The van der Waals surface area contributed by atoms with Gasteiger partial charge < -0.3 is 10.6 Å². The average Bonchev–Trinajstić information content (AvgIpc) is 2.46. The molecule has 2 rings (SSSR count). The number of rotatable bonds is 4. The second-order valence-electron chi connectivity index (χ2n) is 4.16. The van der Waals surface area contributed by atoms with Gasteiger partial charge in [-0.15, -0.1) is 0 Å². The van der Waals surface area contributed by atoms with Gasteiger partial charge in [0.2, 0.25) is 0 Å². The van der Waals surface area contributed by atoms with E-state index < -0.39 is 0 Å². The molecule has 0 bridgehead atoms. The number of carbonyl (C=O) groups is 1. The number of pyridine rings is 1. The van der Waals surface area contributed by atoms with Crippen molar-refractivity contribution in [2.75, 3.05) is 17.2 Å². The third-order valence-electron chi connectivity index (χ3n) is 2.64. The number of amides is 1. The smallest absolute Gasteiger partial charge is 0.274 e. The van der Waals surface area contributed by atoms with Gasteiger partial charge in [-0.3, -0.25) is 4.79 Å². The van der Waals surface area contributed by atoms with Crippen LogP contribution in [0, 0.1) is 0 Å². The van der Waals surface area contributed by atoms with Crippen LogP contribution in [0.3, 0.4) is 0 Å². The first-order valence-corrected chi connectivity index (χ1v) is 7.30. The molecule has 21 heavy (non-hydrogen) atoms. The van der Waals surface area contributed by atoms with E-state index in [0.29, 0.717) is 20.8 Å². The molecule has 1 amide bonds. The summed E-state index contributed by atoms with van der Waals surface area (Å²) in [4.78, 5) is 16.2. The summed E-state index contributed by atoms with van der Waals surface area (Å²) in [5.41, 5.74) is 1.51. The Labute approximate surface area is 137 Å². The highest BCUT2D eigenvalue weighted by molar-refractivity contribution is 6.44. The van der Waals surface area contributed by atoms with Crippen LogP contribution >= 0.6 is 34.8 Å². The van der Waals surface area contributed by atoms with Gasteiger partial charge in [0, 0.05) is 6.54 Å². The van der Waals surface area contributed by atoms with Gasteiger partial charge in [0.25, 0.3) is 5.91 Å². The van der Waals surface area contributed by atoms with Crippen molar-refractivity contribution in [3.8, 4) is 0 Å². The molecule has 0 saturated heterocycles. The molecule has 2 aromatic rings. The van der Waals surface area contributed by atoms with E-state index in [1.807, 2.05) is 6.92 Å². The van der Waals surface area contributed by atoms with Crippen LogP contribution in [-0.4, -0.2) is 17.4 Å². The molecule has 0 aliphatic carbocycles. The van der Waals surface area contributed by atoms with Crippen molar-refractivity contribution in [1.82, 2.24) is 4.98 Å². The molecule has 0 aliphatic rings. The first-order valence-electron chi connectivity index (χ1n) is 6.17. The van der Waals surface area contributed by atoms with Crippen LogP contribution in [0.15, 0.2) is 30.5 Å². The molecule has 0 aliphatic heterocycles. The summed E-state index contributed by atoms with van der Waals surface area (Å²) in [6, 6.07) is 6.38. The first-order chi connectivity index (χ1) is 10.0. The van der Waals surface area contributed by atoms with Crippen molar-refractivity contribution in [2.45, 2.75) is 6.92 Å². The molecule has 1 aromatic carbocycles. The van der Waals surface area contributed by atoms with Crippen molar-refractivity contribution in [3.63, 3.8) is 0 Å². The van der Waals surface area contributed by atoms with Gasteiger partial charge in [-0.25, -0.2) is 4.98 Å². The number of aromatic nitrogens is 1. The minimum absolute atomic E-state index is 0.277. The summed E-state index contributed by atoms with van der Waals surface area (Å²) in [5.74, 6) is -0.377. The molecule has 110 valence electrons. The highest BCUT2D eigenvalue weighted by Crippen LogP contribution is 2.32. The number of halogens is 3. The molecular weight excluding hydrogens is 333 g/mol. The largest absolute Gasteiger partial charge is 0.384 e. The minimum atomic E-state index is -0.377. The molecule has 0 radical (unpaired) electrons. The maximum atomic E-state index is 12.1. The van der Waals surface area contributed by atoms with Gasteiger partial charge >= 0.3 is 0 Å². The number of carbonyl (C=O) groups excluding carboxylic acids is 1. The minimum Gasteiger partial charge on any atom is -0.384 e. The Morgan fingerprint density at radius 3 is 2.48 bits per heavy atom. The maximum absolute atomic E-state index is 12.1. The Morgan fingerprint density at radius 2 is 1.86 bits per heavy atom. The molecule has 0 atom stereocenters. The number of hydrogen-bond donors (Lipinski definition) is 2. The van der Waals surface area contributed by atoms with Crippen LogP contribution in [-0.2, 0) is 0 Å². The maximum Gasteiger partial charge on any atom is 0.274 e. The highest BCUT2D eigenvalue weighted by atomic mass is 35.5. The van der Waals surface area contributed by atoms with Crippen LogP contribution < -0.4 is 10.6 Å². The van der Waals surface area contributed by atoms with E-state index in [-0.39, 0.29) is 11.6 Å². The van der Waals surface area contributed by atoms with E-state index in [1.165, 1.54) is 12.1 Å². The van der Waals surface area contributed by atoms with Gasteiger partial charge in [-0.05, 0) is 31.2 Å². The lowest BCUT2D eigenvalue weighted by atomic mass is 10.2. The highest BCUT2D eigenvalue weighted by Gasteiger charge is 2.12. The topological polar surface area (TPSA) is 54.0 Å². The molecule has 1 heterocycles. The number of benzene rings is 1. The van der Waals surface area contributed by atoms with Crippen LogP contribution in [0.1, 0.15) is 17.4 Å². The summed E-state index contributed by atoms with van der Waals surface area (Å²) in [6.45, 7) is 2.76. The molecule has 7 heteroatoms. The Bertz CT molecular complexity index is 659.